The molecule has 188 valence electrons. The van der Waals surface area contributed by atoms with Crippen LogP contribution in [0.1, 0.15) is 33.6 Å². The Morgan fingerprint density at radius 3 is 1.97 bits per heavy atom. The lowest BCUT2D eigenvalue weighted by atomic mass is 10.0. The first-order valence-electron chi connectivity index (χ1n) is 10.8. The predicted molar refractivity (Wildman–Crippen MR) is 121 cm³/mol. The first-order valence-corrected chi connectivity index (χ1v) is 10.8. The van der Waals surface area contributed by atoms with Crippen LogP contribution in [0.5, 0.6) is 0 Å². The molecule has 4 aromatic rings. The summed E-state index contributed by atoms with van der Waals surface area (Å²) in [4.78, 5) is 14.3. The number of aryl methyl sites for hydroxylation is 1. The third kappa shape index (κ3) is 6.21. The zero-order valence-electron chi connectivity index (χ0n) is 19.1. The zero-order valence-corrected chi connectivity index (χ0v) is 19.1. The molecule has 0 fully saturated rings. The van der Waals surface area contributed by atoms with Crippen molar-refractivity contribution < 1.29 is 26.3 Å². The van der Waals surface area contributed by atoms with Crippen LogP contribution in [0, 0.1) is 6.92 Å². The molecule has 2 heterocycles. The Hall–Kier alpha value is -3.89. The van der Waals surface area contributed by atoms with Gasteiger partial charge in [-0.2, -0.15) is 26.3 Å². The summed E-state index contributed by atoms with van der Waals surface area (Å²) < 4.78 is 82.2. The fraction of sp³-hybridized carbons (Fsp3) is 0.240. The van der Waals surface area contributed by atoms with Crippen LogP contribution in [0.4, 0.5) is 32.3 Å². The van der Waals surface area contributed by atoms with Crippen molar-refractivity contribution in [3.05, 3.63) is 107 Å². The lowest BCUT2D eigenvalue weighted by Gasteiger charge is -2.24. The van der Waals surface area contributed by atoms with Crippen LogP contribution in [0.3, 0.4) is 0 Å². The molecule has 2 aromatic carbocycles. The van der Waals surface area contributed by atoms with E-state index in [4.69, 9.17) is 0 Å². The molecule has 11 heteroatoms. The van der Waals surface area contributed by atoms with Crippen LogP contribution in [-0.4, -0.2) is 19.5 Å². The molecule has 0 spiro atoms. The Bertz CT molecular complexity index is 1270. The Morgan fingerprint density at radius 1 is 0.778 bits per heavy atom. The summed E-state index contributed by atoms with van der Waals surface area (Å²) in [5.41, 5.74) is -1.17. The molecule has 0 saturated carbocycles. The van der Waals surface area contributed by atoms with Crippen LogP contribution < -0.4 is 4.90 Å². The summed E-state index contributed by atoms with van der Waals surface area (Å²) in [6, 6.07) is 11.1. The van der Waals surface area contributed by atoms with Gasteiger partial charge in [-0.25, -0.2) is 15.0 Å². The van der Waals surface area contributed by atoms with E-state index in [9.17, 15) is 26.3 Å². The van der Waals surface area contributed by atoms with Gasteiger partial charge in [-0.05, 0) is 41.8 Å². The zero-order chi connectivity index (χ0) is 25.9. The van der Waals surface area contributed by atoms with Crippen molar-refractivity contribution in [1.82, 2.24) is 19.5 Å². The van der Waals surface area contributed by atoms with E-state index >= 15 is 0 Å². The maximum atomic E-state index is 13.4. The number of halogens is 6. The van der Waals surface area contributed by atoms with Gasteiger partial charge >= 0.3 is 12.4 Å². The molecule has 0 N–H and O–H groups in total. The molecule has 0 aliphatic rings. The van der Waals surface area contributed by atoms with E-state index in [0.717, 1.165) is 11.1 Å². The van der Waals surface area contributed by atoms with Crippen molar-refractivity contribution in [3.63, 3.8) is 0 Å². The van der Waals surface area contributed by atoms with Gasteiger partial charge in [0.05, 0.1) is 17.7 Å². The summed E-state index contributed by atoms with van der Waals surface area (Å²) in [6.45, 7) is 2.01. The summed E-state index contributed by atoms with van der Waals surface area (Å²) in [6.07, 6.45) is -3.49. The maximum Gasteiger partial charge on any atom is 0.416 e. The van der Waals surface area contributed by atoms with E-state index in [1.165, 1.54) is 17.3 Å². The Kier molecular flexibility index (Phi) is 7.00. The maximum absolute atomic E-state index is 13.4. The molecule has 4 rings (SSSR count). The average Bonchev–Trinajstić information content (AvgIpc) is 3.25. The third-order valence-electron chi connectivity index (χ3n) is 5.40. The lowest BCUT2D eigenvalue weighted by molar-refractivity contribution is -0.143. The van der Waals surface area contributed by atoms with E-state index in [2.05, 4.69) is 15.0 Å². The molecule has 0 aliphatic carbocycles. The molecule has 0 unspecified atom stereocenters. The van der Waals surface area contributed by atoms with Crippen molar-refractivity contribution in [2.45, 2.75) is 38.9 Å². The highest BCUT2D eigenvalue weighted by Gasteiger charge is 2.37. The highest BCUT2D eigenvalue weighted by atomic mass is 19.4. The van der Waals surface area contributed by atoms with Crippen molar-refractivity contribution >= 4 is 5.95 Å². The second-order valence-electron chi connectivity index (χ2n) is 8.29. The topological polar surface area (TPSA) is 46.8 Å². The van der Waals surface area contributed by atoms with Crippen LogP contribution in [0.15, 0.2) is 73.3 Å². The summed E-state index contributed by atoms with van der Waals surface area (Å²) in [5.74, 6) is 0.701. The van der Waals surface area contributed by atoms with Gasteiger partial charge in [0.1, 0.15) is 5.82 Å². The number of imidazole rings is 1. The van der Waals surface area contributed by atoms with Gasteiger partial charge in [0.15, 0.2) is 0 Å². The second-order valence-corrected chi connectivity index (χ2v) is 8.29. The summed E-state index contributed by atoms with van der Waals surface area (Å²) >= 11 is 0. The minimum absolute atomic E-state index is 0.0560. The Morgan fingerprint density at radius 2 is 1.39 bits per heavy atom. The van der Waals surface area contributed by atoms with Crippen molar-refractivity contribution in [2.24, 2.45) is 0 Å². The van der Waals surface area contributed by atoms with Crippen LogP contribution in [-0.2, 0) is 32.0 Å². The van der Waals surface area contributed by atoms with Gasteiger partial charge in [-0.3, -0.25) is 0 Å². The highest BCUT2D eigenvalue weighted by Crippen LogP contribution is 2.36. The first kappa shape index (κ1) is 25.2. The lowest BCUT2D eigenvalue weighted by Crippen LogP contribution is -2.27. The number of nitrogens with zero attached hydrogens (tertiary/aromatic N) is 5. The van der Waals surface area contributed by atoms with Crippen LogP contribution in [0.2, 0.25) is 0 Å². The monoisotopic (exact) mass is 505 g/mol. The quantitative estimate of drug-likeness (QED) is 0.278. The number of hydrogen-bond acceptors (Lipinski definition) is 4. The standard InChI is InChI=1S/C25H21F6N5/c1-17-12-33-23(34-13-17)36(16-22-32-7-8-35(22)14-18-5-3-2-4-6-18)15-19-9-20(24(26,27)28)11-21(10-19)25(29,30)31/h2-13H,14-16H2,1H3. The third-order valence-corrected chi connectivity index (χ3v) is 5.40. The minimum Gasteiger partial charge on any atom is -0.329 e. The molecule has 0 radical (unpaired) electrons. The van der Waals surface area contributed by atoms with Gasteiger partial charge in [-0.1, -0.05) is 30.3 Å². The molecule has 0 bridgehead atoms. The van der Waals surface area contributed by atoms with Crippen molar-refractivity contribution in [1.29, 1.82) is 0 Å². The van der Waals surface area contributed by atoms with Gasteiger partial charge in [0.2, 0.25) is 5.95 Å². The number of alkyl halides is 6. The van der Waals surface area contributed by atoms with Gasteiger partial charge in [0.25, 0.3) is 0 Å². The predicted octanol–water partition coefficient (Wildman–Crippen LogP) is 6.27. The van der Waals surface area contributed by atoms with E-state index in [0.29, 0.717) is 24.5 Å². The SMILES string of the molecule is Cc1cnc(N(Cc2cc(C(F)(F)F)cc(C(F)(F)F)c2)Cc2nccn2Cc2ccccc2)nc1. The number of aromatic nitrogens is 4. The average molecular weight is 505 g/mol. The fourth-order valence-corrected chi connectivity index (χ4v) is 3.66. The van der Waals surface area contributed by atoms with Crippen molar-refractivity contribution in [2.75, 3.05) is 4.90 Å². The van der Waals surface area contributed by atoms with E-state index in [1.54, 1.807) is 19.3 Å². The van der Waals surface area contributed by atoms with Gasteiger partial charge in [-0.15, -0.1) is 0 Å². The molecule has 36 heavy (non-hydrogen) atoms. The largest absolute Gasteiger partial charge is 0.416 e. The molecular weight excluding hydrogens is 484 g/mol. The molecule has 0 aliphatic heterocycles. The molecule has 5 nitrogen and oxygen atoms in total. The molecule has 0 atom stereocenters. The van der Waals surface area contributed by atoms with Crippen molar-refractivity contribution in [3.8, 4) is 0 Å². The van der Waals surface area contributed by atoms with E-state index < -0.39 is 23.5 Å². The smallest absolute Gasteiger partial charge is 0.329 e. The minimum atomic E-state index is -4.94. The second kappa shape index (κ2) is 10.00. The van der Waals surface area contributed by atoms with Crippen LogP contribution >= 0.6 is 0 Å². The number of benzene rings is 2. The van der Waals surface area contributed by atoms with Gasteiger partial charge in [0, 0.05) is 37.9 Å². The highest BCUT2D eigenvalue weighted by molar-refractivity contribution is 5.38. The molecule has 0 saturated heterocycles. The van der Waals surface area contributed by atoms with E-state index in [-0.39, 0.29) is 30.7 Å². The normalized spacial score (nSPS) is 12.1. The van der Waals surface area contributed by atoms with E-state index in [1.807, 2.05) is 34.9 Å². The number of anilines is 1. The fourth-order valence-electron chi connectivity index (χ4n) is 3.66. The first-order chi connectivity index (χ1) is 17.0. The molecular formula is C25H21F6N5. The Balaban J connectivity index is 1.70. The molecule has 2 aromatic heterocycles. The van der Waals surface area contributed by atoms with Gasteiger partial charge < -0.3 is 9.47 Å². The number of hydrogen-bond donors (Lipinski definition) is 0. The summed E-state index contributed by atoms with van der Waals surface area (Å²) in [7, 11) is 0. The number of rotatable bonds is 7. The summed E-state index contributed by atoms with van der Waals surface area (Å²) in [5, 5.41) is 0. The van der Waals surface area contributed by atoms with Crippen LogP contribution in [0.25, 0.3) is 0 Å². The Labute approximate surface area is 203 Å². The molecule has 0 amide bonds.